The van der Waals surface area contributed by atoms with Gasteiger partial charge >= 0.3 is 0 Å². The first-order chi connectivity index (χ1) is 12.9. The first-order valence-corrected chi connectivity index (χ1v) is 9.34. The van der Waals surface area contributed by atoms with Crippen LogP contribution < -0.4 is 5.73 Å². The Balaban J connectivity index is 1.76. The van der Waals surface area contributed by atoms with Crippen LogP contribution in [0.15, 0.2) is 24.3 Å². The number of nitrogens with zero attached hydrogens (tertiary/aromatic N) is 5. The third kappa shape index (κ3) is 4.90. The summed E-state index contributed by atoms with van der Waals surface area (Å²) in [5.74, 6) is 0.102. The van der Waals surface area contributed by atoms with Crippen LogP contribution in [-0.2, 0) is 17.6 Å². The average Bonchev–Trinajstić information content (AvgIpc) is 3.02. The molecule has 27 heavy (non-hydrogen) atoms. The van der Waals surface area contributed by atoms with Crippen molar-refractivity contribution in [2.75, 3.05) is 33.2 Å². The molecule has 1 saturated heterocycles. The number of para-hydroxylation sites is 1. The maximum atomic E-state index is 14.3. The fourth-order valence-electron chi connectivity index (χ4n) is 3.38. The molecule has 0 saturated carbocycles. The van der Waals surface area contributed by atoms with Gasteiger partial charge in [0.05, 0.1) is 6.42 Å². The maximum Gasteiger partial charge on any atom is 0.225 e. The van der Waals surface area contributed by atoms with E-state index in [1.54, 1.807) is 18.2 Å². The molecule has 1 aromatic heterocycles. The lowest BCUT2D eigenvalue weighted by Gasteiger charge is -2.36. The second-order valence-corrected chi connectivity index (χ2v) is 7.18. The number of likely N-dealkylation sites (N-methyl/N-ethyl adjacent to an activating group) is 1. The monoisotopic (exact) mass is 374 g/mol. The summed E-state index contributed by atoms with van der Waals surface area (Å²) >= 11 is 0. The summed E-state index contributed by atoms with van der Waals surface area (Å²) in [6.45, 7) is 6.44. The van der Waals surface area contributed by atoms with Gasteiger partial charge in [-0.25, -0.2) is 14.1 Å². The maximum absolute atomic E-state index is 14.3. The molecule has 0 unspecified atom stereocenters. The molecule has 7 nitrogen and oxygen atoms in total. The molecule has 3 rings (SSSR count). The first kappa shape index (κ1) is 19.4. The van der Waals surface area contributed by atoms with E-state index in [0.717, 1.165) is 32.6 Å². The number of amides is 1. The minimum atomic E-state index is -0.502. The zero-order valence-electron chi connectivity index (χ0n) is 15.9. The van der Waals surface area contributed by atoms with Gasteiger partial charge in [0, 0.05) is 38.6 Å². The smallest absolute Gasteiger partial charge is 0.225 e. The predicted molar refractivity (Wildman–Crippen MR) is 101 cm³/mol. The van der Waals surface area contributed by atoms with E-state index in [1.807, 2.05) is 0 Å². The van der Waals surface area contributed by atoms with Crippen LogP contribution in [0.25, 0.3) is 5.69 Å². The minimum absolute atomic E-state index is 0.0531. The van der Waals surface area contributed by atoms with Gasteiger partial charge in [-0.05, 0) is 32.5 Å². The van der Waals surface area contributed by atoms with Gasteiger partial charge in [0.1, 0.15) is 17.3 Å². The molecule has 0 radical (unpaired) electrons. The van der Waals surface area contributed by atoms with Gasteiger partial charge in [0.25, 0.3) is 0 Å². The van der Waals surface area contributed by atoms with Crippen molar-refractivity contribution in [3.8, 4) is 5.69 Å². The van der Waals surface area contributed by atoms with Gasteiger partial charge in [-0.3, -0.25) is 9.69 Å². The van der Waals surface area contributed by atoms with Crippen molar-refractivity contribution in [3.63, 3.8) is 0 Å². The second-order valence-electron chi connectivity index (χ2n) is 7.18. The molecule has 2 heterocycles. The third-order valence-corrected chi connectivity index (χ3v) is 5.08. The third-order valence-electron chi connectivity index (χ3n) is 5.08. The molecule has 2 aromatic rings. The highest BCUT2D eigenvalue weighted by molar-refractivity contribution is 5.75. The Kier molecular flexibility index (Phi) is 6.18. The average molecular weight is 374 g/mol. The molecule has 1 atom stereocenters. The summed E-state index contributed by atoms with van der Waals surface area (Å²) in [5, 5.41) is 4.33. The quantitative estimate of drug-likeness (QED) is 0.782. The molecule has 146 valence electrons. The number of aromatic nitrogens is 3. The number of benzene rings is 1. The van der Waals surface area contributed by atoms with Gasteiger partial charge in [0.2, 0.25) is 5.91 Å². The minimum Gasteiger partial charge on any atom is -0.369 e. The molecule has 0 aliphatic carbocycles. The van der Waals surface area contributed by atoms with Crippen LogP contribution in [-0.4, -0.2) is 69.7 Å². The SMILES string of the molecule is C[C@@H](CCc1nc(CC(N)=O)nn1-c1ccccc1F)N1CCN(C)CC1. The zero-order valence-corrected chi connectivity index (χ0v) is 15.9. The van der Waals surface area contributed by atoms with E-state index in [4.69, 9.17) is 5.73 Å². The van der Waals surface area contributed by atoms with Crippen molar-refractivity contribution in [2.45, 2.75) is 32.2 Å². The second kappa shape index (κ2) is 8.58. The lowest BCUT2D eigenvalue weighted by Crippen LogP contribution is -2.48. The van der Waals surface area contributed by atoms with Crippen LogP contribution in [0.3, 0.4) is 0 Å². The Labute approximate surface area is 159 Å². The number of piperazine rings is 1. The van der Waals surface area contributed by atoms with Gasteiger partial charge in [-0.15, -0.1) is 0 Å². The van der Waals surface area contributed by atoms with E-state index in [1.165, 1.54) is 10.7 Å². The summed E-state index contributed by atoms with van der Waals surface area (Å²) in [6, 6.07) is 6.83. The van der Waals surface area contributed by atoms with E-state index in [0.29, 0.717) is 29.8 Å². The molecule has 0 spiro atoms. The number of halogens is 1. The standard InChI is InChI=1S/C19H27FN6O/c1-14(25-11-9-24(2)10-12-25)7-8-19-22-18(13-17(21)27)23-26(19)16-6-4-3-5-15(16)20/h3-6,14H,7-13H2,1-2H3,(H2,21,27)/t14-/m0/s1. The molecule has 0 bridgehead atoms. The van der Waals surface area contributed by atoms with Crippen LogP contribution >= 0.6 is 0 Å². The summed E-state index contributed by atoms with van der Waals surface area (Å²) in [6.07, 6.45) is 1.48. The summed E-state index contributed by atoms with van der Waals surface area (Å²) < 4.78 is 15.8. The fourth-order valence-corrected chi connectivity index (χ4v) is 3.38. The molecule has 1 aromatic carbocycles. The van der Waals surface area contributed by atoms with Crippen LogP contribution in [0, 0.1) is 5.82 Å². The van der Waals surface area contributed by atoms with E-state index >= 15 is 0 Å². The number of nitrogens with two attached hydrogens (primary N) is 1. The van der Waals surface area contributed by atoms with Crippen LogP contribution in [0.5, 0.6) is 0 Å². The Bertz CT molecular complexity index is 784. The number of hydrogen-bond donors (Lipinski definition) is 1. The Morgan fingerprint density at radius 3 is 2.63 bits per heavy atom. The summed E-state index contributed by atoms with van der Waals surface area (Å²) in [5.41, 5.74) is 5.61. The summed E-state index contributed by atoms with van der Waals surface area (Å²) in [4.78, 5) is 20.5. The fraction of sp³-hybridized carbons (Fsp3) is 0.526. The van der Waals surface area contributed by atoms with Crippen LogP contribution in [0.4, 0.5) is 4.39 Å². The van der Waals surface area contributed by atoms with E-state index in [9.17, 15) is 9.18 Å². The number of carbonyl (C=O) groups excluding carboxylic acids is 1. The van der Waals surface area contributed by atoms with E-state index in [-0.39, 0.29) is 12.2 Å². The summed E-state index contributed by atoms with van der Waals surface area (Å²) in [7, 11) is 2.14. The highest BCUT2D eigenvalue weighted by Gasteiger charge is 2.21. The first-order valence-electron chi connectivity index (χ1n) is 9.34. The van der Waals surface area contributed by atoms with E-state index < -0.39 is 5.91 Å². The predicted octanol–water partition coefficient (Wildman–Crippen LogP) is 1.00. The zero-order chi connectivity index (χ0) is 19.4. The van der Waals surface area contributed by atoms with Crippen molar-refractivity contribution in [1.82, 2.24) is 24.6 Å². The Morgan fingerprint density at radius 2 is 1.96 bits per heavy atom. The van der Waals surface area contributed by atoms with Gasteiger partial charge < -0.3 is 10.6 Å². The molecule has 1 aliphatic heterocycles. The molecular weight excluding hydrogens is 347 g/mol. The van der Waals surface area contributed by atoms with Crippen molar-refractivity contribution in [3.05, 3.63) is 41.7 Å². The molecule has 2 N–H and O–H groups in total. The number of primary amides is 1. The lowest BCUT2D eigenvalue weighted by molar-refractivity contribution is -0.117. The van der Waals surface area contributed by atoms with Gasteiger partial charge in [0.15, 0.2) is 5.82 Å². The molecule has 8 heteroatoms. The van der Waals surface area contributed by atoms with Gasteiger partial charge in [-0.1, -0.05) is 12.1 Å². The molecule has 1 amide bonds. The Morgan fingerprint density at radius 1 is 1.26 bits per heavy atom. The molecular formula is C19H27FN6O. The van der Waals surface area contributed by atoms with Gasteiger partial charge in [-0.2, -0.15) is 5.10 Å². The normalized spacial score (nSPS) is 17.1. The largest absolute Gasteiger partial charge is 0.369 e. The number of aryl methyl sites for hydroxylation is 1. The Hall–Kier alpha value is -2.32. The van der Waals surface area contributed by atoms with Crippen molar-refractivity contribution in [2.24, 2.45) is 5.73 Å². The lowest BCUT2D eigenvalue weighted by atomic mass is 10.1. The topological polar surface area (TPSA) is 80.3 Å². The number of carbonyl (C=O) groups is 1. The van der Waals surface area contributed by atoms with E-state index in [2.05, 4.69) is 33.9 Å². The van der Waals surface area contributed by atoms with Crippen molar-refractivity contribution >= 4 is 5.91 Å². The van der Waals surface area contributed by atoms with Crippen LogP contribution in [0.1, 0.15) is 25.0 Å². The molecule has 1 aliphatic rings. The highest BCUT2D eigenvalue weighted by atomic mass is 19.1. The van der Waals surface area contributed by atoms with Crippen molar-refractivity contribution < 1.29 is 9.18 Å². The van der Waals surface area contributed by atoms with Crippen molar-refractivity contribution in [1.29, 1.82) is 0 Å². The molecule has 1 fully saturated rings. The number of rotatable bonds is 7. The highest BCUT2D eigenvalue weighted by Crippen LogP contribution is 2.17. The number of hydrogen-bond acceptors (Lipinski definition) is 5. The van der Waals surface area contributed by atoms with Crippen LogP contribution in [0.2, 0.25) is 0 Å².